The first-order valence-electron chi connectivity index (χ1n) is 8.81. The number of benzene rings is 3. The summed E-state index contributed by atoms with van der Waals surface area (Å²) >= 11 is 1.71. The van der Waals surface area contributed by atoms with Crippen LogP contribution in [-0.2, 0) is 0 Å². The highest BCUT2D eigenvalue weighted by Gasteiger charge is 2.37. The first-order valence-corrected chi connectivity index (χ1v) is 9.69. The zero-order valence-electron chi connectivity index (χ0n) is 14.7. The van der Waals surface area contributed by atoms with Gasteiger partial charge in [-0.1, -0.05) is 48.5 Å². The second-order valence-corrected chi connectivity index (χ2v) is 7.70. The highest BCUT2D eigenvalue weighted by molar-refractivity contribution is 8.00. The van der Waals surface area contributed by atoms with Crippen molar-refractivity contribution in [2.45, 2.75) is 10.1 Å². The number of methoxy groups -OCH3 is 1. The molecule has 0 saturated heterocycles. The van der Waals surface area contributed by atoms with Crippen molar-refractivity contribution < 1.29 is 9.53 Å². The van der Waals surface area contributed by atoms with Gasteiger partial charge in [-0.15, -0.1) is 11.8 Å². The number of Topliss-reactive ketones (excluding diaryl/α,β-unsaturated/α-hetero) is 1. The highest BCUT2D eigenvalue weighted by atomic mass is 32.2. The van der Waals surface area contributed by atoms with Crippen molar-refractivity contribution in [3.05, 3.63) is 95.1 Å². The van der Waals surface area contributed by atoms with Gasteiger partial charge >= 0.3 is 0 Å². The summed E-state index contributed by atoms with van der Waals surface area (Å²) in [6.45, 7) is 0. The van der Waals surface area contributed by atoms with Crippen molar-refractivity contribution in [3.63, 3.8) is 0 Å². The van der Waals surface area contributed by atoms with Gasteiger partial charge in [-0.25, -0.2) is 0 Å². The second kappa shape index (κ2) is 6.32. The Labute approximate surface area is 162 Å². The van der Waals surface area contributed by atoms with Crippen LogP contribution >= 0.6 is 11.8 Å². The number of rotatable bonds is 2. The monoisotopic (exact) mass is 371 g/mol. The Kier molecular flexibility index (Phi) is 3.80. The Balaban J connectivity index is 1.71. The molecule has 0 spiro atoms. The van der Waals surface area contributed by atoms with Crippen LogP contribution in [0.3, 0.4) is 0 Å². The molecule has 1 atom stereocenters. The van der Waals surface area contributed by atoms with Crippen molar-refractivity contribution in [1.82, 2.24) is 0 Å². The van der Waals surface area contributed by atoms with Gasteiger partial charge in [0, 0.05) is 21.6 Å². The number of ketones is 1. The van der Waals surface area contributed by atoms with E-state index in [1.165, 1.54) is 0 Å². The number of hydrogen-bond donors (Lipinski definition) is 1. The molecule has 0 radical (unpaired) electrons. The first kappa shape index (κ1) is 16.2. The van der Waals surface area contributed by atoms with E-state index in [4.69, 9.17) is 4.74 Å². The smallest absolute Gasteiger partial charge is 0.193 e. The van der Waals surface area contributed by atoms with Crippen molar-refractivity contribution in [3.8, 4) is 5.75 Å². The van der Waals surface area contributed by atoms with Crippen LogP contribution < -0.4 is 10.1 Å². The van der Waals surface area contributed by atoms with Gasteiger partial charge in [0.05, 0.1) is 23.7 Å². The fourth-order valence-corrected chi connectivity index (χ4v) is 4.99. The molecule has 0 unspecified atom stereocenters. The normalized spacial score (nSPS) is 17.5. The molecular formula is C23H17NO2S. The minimum absolute atomic E-state index is 0.0815. The average molecular weight is 371 g/mol. The maximum atomic E-state index is 13.3. The molecule has 2 aliphatic rings. The molecule has 1 heterocycles. The van der Waals surface area contributed by atoms with E-state index in [1.54, 1.807) is 18.9 Å². The quantitative estimate of drug-likeness (QED) is 0.640. The Morgan fingerprint density at radius 2 is 1.59 bits per heavy atom. The van der Waals surface area contributed by atoms with E-state index in [1.807, 2.05) is 60.7 Å². The molecule has 0 fully saturated rings. The number of hydrogen-bond acceptors (Lipinski definition) is 4. The van der Waals surface area contributed by atoms with Crippen LogP contribution in [0, 0.1) is 0 Å². The molecule has 5 rings (SSSR count). The number of nitrogens with one attached hydrogen (secondary N) is 1. The van der Waals surface area contributed by atoms with Gasteiger partial charge in [0.25, 0.3) is 0 Å². The fraction of sp³-hybridized carbons (Fsp3) is 0.0870. The molecule has 0 aromatic heterocycles. The van der Waals surface area contributed by atoms with Gasteiger partial charge in [0.2, 0.25) is 0 Å². The van der Waals surface area contributed by atoms with Gasteiger partial charge in [-0.3, -0.25) is 4.79 Å². The maximum Gasteiger partial charge on any atom is 0.193 e. The summed E-state index contributed by atoms with van der Waals surface area (Å²) in [6, 6.07) is 24.0. The number of para-hydroxylation sites is 1. The lowest BCUT2D eigenvalue weighted by atomic mass is 10.0. The first-order chi connectivity index (χ1) is 13.3. The van der Waals surface area contributed by atoms with Crippen LogP contribution in [0.4, 0.5) is 5.69 Å². The molecule has 1 aliphatic carbocycles. The lowest BCUT2D eigenvalue weighted by molar-refractivity contribution is 0.103. The Morgan fingerprint density at radius 3 is 2.37 bits per heavy atom. The van der Waals surface area contributed by atoms with E-state index in [0.717, 1.165) is 44.3 Å². The molecule has 132 valence electrons. The van der Waals surface area contributed by atoms with E-state index in [2.05, 4.69) is 17.4 Å². The minimum Gasteiger partial charge on any atom is -0.497 e. The molecule has 1 aliphatic heterocycles. The van der Waals surface area contributed by atoms with Crippen molar-refractivity contribution in [2.24, 2.45) is 0 Å². The summed E-state index contributed by atoms with van der Waals surface area (Å²) < 4.78 is 5.30. The van der Waals surface area contributed by atoms with Crippen molar-refractivity contribution >= 4 is 28.9 Å². The van der Waals surface area contributed by atoms with Gasteiger partial charge in [-0.2, -0.15) is 0 Å². The highest BCUT2D eigenvalue weighted by Crippen LogP contribution is 2.52. The number of fused-ring (bicyclic) bond motifs is 3. The largest absolute Gasteiger partial charge is 0.497 e. The third-order valence-corrected chi connectivity index (χ3v) is 6.38. The third kappa shape index (κ3) is 2.56. The summed E-state index contributed by atoms with van der Waals surface area (Å²) in [5.41, 5.74) is 5.63. The molecule has 27 heavy (non-hydrogen) atoms. The van der Waals surface area contributed by atoms with Crippen LogP contribution in [0.25, 0.3) is 5.70 Å². The van der Waals surface area contributed by atoms with E-state index >= 15 is 0 Å². The van der Waals surface area contributed by atoms with E-state index in [-0.39, 0.29) is 11.0 Å². The van der Waals surface area contributed by atoms with Crippen LogP contribution in [0.5, 0.6) is 5.75 Å². The van der Waals surface area contributed by atoms with E-state index < -0.39 is 0 Å². The number of carbonyl (C=O) groups is 1. The molecule has 0 bridgehead atoms. The van der Waals surface area contributed by atoms with Crippen LogP contribution in [0.1, 0.15) is 26.7 Å². The molecule has 4 heteroatoms. The molecule has 0 saturated carbocycles. The molecule has 0 amide bonds. The Bertz CT molecular complexity index is 1090. The number of carbonyl (C=O) groups excluding carboxylic acids is 1. The summed E-state index contributed by atoms with van der Waals surface area (Å²) in [4.78, 5) is 14.4. The van der Waals surface area contributed by atoms with Crippen LogP contribution in [-0.4, -0.2) is 12.9 Å². The minimum atomic E-state index is -0.0815. The zero-order chi connectivity index (χ0) is 18.4. The standard InChI is InChI=1S/C23H17NO2S/c1-26-15-12-10-14(11-13-15)23-20-21(16-6-2-3-7-17(16)22(20)25)24-18-8-4-5-9-19(18)27-23/h2-13,23-24H,1H3/t23-/m0/s1. The zero-order valence-corrected chi connectivity index (χ0v) is 15.5. The predicted molar refractivity (Wildman–Crippen MR) is 109 cm³/mol. The third-order valence-electron chi connectivity index (χ3n) is 5.03. The Morgan fingerprint density at radius 1 is 0.889 bits per heavy atom. The summed E-state index contributed by atoms with van der Waals surface area (Å²) in [5.74, 6) is 0.917. The molecule has 3 nitrogen and oxygen atoms in total. The molecule has 3 aromatic carbocycles. The van der Waals surface area contributed by atoms with Gasteiger partial charge < -0.3 is 10.1 Å². The number of ether oxygens (including phenoxy) is 1. The van der Waals surface area contributed by atoms with Gasteiger partial charge in [-0.05, 0) is 29.8 Å². The number of thioether (sulfide) groups is 1. The van der Waals surface area contributed by atoms with E-state index in [9.17, 15) is 4.79 Å². The van der Waals surface area contributed by atoms with Crippen LogP contribution in [0.15, 0.2) is 83.3 Å². The lowest BCUT2D eigenvalue weighted by Crippen LogP contribution is -2.07. The predicted octanol–water partition coefficient (Wildman–Crippen LogP) is 5.56. The second-order valence-electron chi connectivity index (χ2n) is 6.56. The van der Waals surface area contributed by atoms with Crippen molar-refractivity contribution in [2.75, 3.05) is 12.4 Å². The molecule has 1 N–H and O–H groups in total. The SMILES string of the molecule is COc1ccc([C@@H]2Sc3ccccc3NC3=C2C(=O)c2ccccc23)cc1. The van der Waals surface area contributed by atoms with Gasteiger partial charge in [0.1, 0.15) is 5.75 Å². The molecule has 3 aromatic rings. The summed E-state index contributed by atoms with van der Waals surface area (Å²) in [7, 11) is 1.66. The van der Waals surface area contributed by atoms with Crippen LogP contribution in [0.2, 0.25) is 0 Å². The number of anilines is 1. The van der Waals surface area contributed by atoms with E-state index in [0.29, 0.717) is 0 Å². The van der Waals surface area contributed by atoms with Crippen molar-refractivity contribution in [1.29, 1.82) is 0 Å². The summed E-state index contributed by atoms with van der Waals surface area (Å²) in [5, 5.41) is 3.46. The summed E-state index contributed by atoms with van der Waals surface area (Å²) in [6.07, 6.45) is 0. The van der Waals surface area contributed by atoms with Gasteiger partial charge in [0.15, 0.2) is 5.78 Å². The topological polar surface area (TPSA) is 38.3 Å². The fourth-order valence-electron chi connectivity index (χ4n) is 3.69. The average Bonchev–Trinajstić information content (AvgIpc) is 2.88. The lowest BCUT2D eigenvalue weighted by Gasteiger charge is -2.17. The maximum absolute atomic E-state index is 13.3. The Hall–Kier alpha value is -2.98. The molecular weight excluding hydrogens is 354 g/mol.